The van der Waals surface area contributed by atoms with Crippen LogP contribution in [0.5, 0.6) is 11.5 Å². The number of carbonyl (C=O) groups excluding carboxylic acids is 3. The van der Waals surface area contributed by atoms with Crippen molar-refractivity contribution in [3.05, 3.63) is 48.0 Å². The van der Waals surface area contributed by atoms with E-state index in [1.54, 1.807) is 44.6 Å². The monoisotopic (exact) mass is 400 g/mol. The highest BCUT2D eigenvalue weighted by Gasteiger charge is 2.10. The fourth-order valence-corrected chi connectivity index (χ4v) is 2.55. The van der Waals surface area contributed by atoms with Gasteiger partial charge >= 0.3 is 5.97 Å². The van der Waals surface area contributed by atoms with Gasteiger partial charge in [0.2, 0.25) is 5.91 Å². The third kappa shape index (κ3) is 7.53. The molecule has 0 spiro atoms. The van der Waals surface area contributed by atoms with Gasteiger partial charge in [-0.3, -0.25) is 14.4 Å². The Morgan fingerprint density at radius 2 is 1.52 bits per heavy atom. The lowest BCUT2D eigenvalue weighted by Crippen LogP contribution is -2.21. The molecule has 0 radical (unpaired) electrons. The summed E-state index contributed by atoms with van der Waals surface area (Å²) in [5.74, 6) is 0.0912. The Morgan fingerprint density at radius 1 is 0.897 bits per heavy atom. The molecule has 0 saturated heterocycles. The van der Waals surface area contributed by atoms with Crippen molar-refractivity contribution in [2.75, 3.05) is 31.5 Å². The van der Waals surface area contributed by atoms with E-state index in [-0.39, 0.29) is 12.3 Å². The molecule has 2 amide bonds. The normalized spacial score (nSPS) is 10.0. The zero-order chi connectivity index (χ0) is 21.2. The molecule has 0 fully saturated rings. The van der Waals surface area contributed by atoms with Crippen LogP contribution in [0.1, 0.15) is 18.9 Å². The molecular formula is C21H24N2O6. The Labute approximate surface area is 169 Å². The molecular weight excluding hydrogens is 376 g/mol. The van der Waals surface area contributed by atoms with E-state index in [2.05, 4.69) is 10.6 Å². The summed E-state index contributed by atoms with van der Waals surface area (Å²) in [6, 6.07) is 12.0. The molecule has 0 aromatic heterocycles. The molecule has 8 nitrogen and oxygen atoms in total. The van der Waals surface area contributed by atoms with Gasteiger partial charge in [0.15, 0.2) is 6.61 Å². The summed E-state index contributed by atoms with van der Waals surface area (Å²) >= 11 is 0. The van der Waals surface area contributed by atoms with Crippen molar-refractivity contribution >= 4 is 29.2 Å². The number of nitrogens with one attached hydrogen (secondary N) is 2. The molecule has 0 heterocycles. The third-order valence-corrected chi connectivity index (χ3v) is 3.86. The number of hydrogen-bond acceptors (Lipinski definition) is 6. The summed E-state index contributed by atoms with van der Waals surface area (Å²) in [4.78, 5) is 35.0. The minimum absolute atomic E-state index is 0.113. The number of methoxy groups -OCH3 is 2. The number of esters is 1. The fraction of sp³-hybridized carbons (Fsp3) is 0.286. The van der Waals surface area contributed by atoms with Crippen molar-refractivity contribution in [2.45, 2.75) is 19.8 Å². The molecule has 0 aliphatic carbocycles. The van der Waals surface area contributed by atoms with Crippen LogP contribution in [0.2, 0.25) is 0 Å². The average molecular weight is 400 g/mol. The molecule has 2 N–H and O–H groups in total. The second-order valence-electron chi connectivity index (χ2n) is 6.19. The summed E-state index contributed by atoms with van der Waals surface area (Å²) in [7, 11) is 3.11. The third-order valence-electron chi connectivity index (χ3n) is 3.86. The van der Waals surface area contributed by atoms with E-state index in [9.17, 15) is 14.4 Å². The van der Waals surface area contributed by atoms with Gasteiger partial charge in [-0.25, -0.2) is 0 Å². The lowest BCUT2D eigenvalue weighted by atomic mass is 10.1. The molecule has 0 saturated carbocycles. The Bertz CT molecular complexity index is 859. The molecule has 0 atom stereocenters. The van der Waals surface area contributed by atoms with Gasteiger partial charge in [-0.05, 0) is 42.3 Å². The van der Waals surface area contributed by atoms with Gasteiger partial charge in [0.1, 0.15) is 11.5 Å². The van der Waals surface area contributed by atoms with Crippen LogP contribution in [0.15, 0.2) is 42.5 Å². The van der Waals surface area contributed by atoms with Gasteiger partial charge in [0.05, 0.1) is 14.2 Å². The molecule has 29 heavy (non-hydrogen) atoms. The predicted molar refractivity (Wildman–Crippen MR) is 108 cm³/mol. The number of carbonyl (C=O) groups is 3. The lowest BCUT2D eigenvalue weighted by Gasteiger charge is -2.09. The number of rotatable bonds is 9. The maximum atomic E-state index is 12.0. The first kappa shape index (κ1) is 21.7. The molecule has 2 aromatic rings. The van der Waals surface area contributed by atoms with E-state index < -0.39 is 18.5 Å². The van der Waals surface area contributed by atoms with E-state index >= 15 is 0 Å². The van der Waals surface area contributed by atoms with Crippen LogP contribution < -0.4 is 20.1 Å². The van der Waals surface area contributed by atoms with Crippen LogP contribution in [-0.2, 0) is 25.5 Å². The Balaban J connectivity index is 1.80. The molecule has 0 bridgehead atoms. The van der Waals surface area contributed by atoms with Gasteiger partial charge in [0, 0.05) is 30.8 Å². The van der Waals surface area contributed by atoms with Crippen molar-refractivity contribution in [3.8, 4) is 11.5 Å². The van der Waals surface area contributed by atoms with Gasteiger partial charge in [0.25, 0.3) is 5.91 Å². The fourth-order valence-electron chi connectivity index (χ4n) is 2.55. The van der Waals surface area contributed by atoms with Gasteiger partial charge in [-0.15, -0.1) is 0 Å². The van der Waals surface area contributed by atoms with Crippen LogP contribution in [0, 0.1) is 0 Å². The van der Waals surface area contributed by atoms with Crippen LogP contribution >= 0.6 is 0 Å². The highest BCUT2D eigenvalue weighted by molar-refractivity contribution is 5.94. The number of aryl methyl sites for hydroxylation is 1. The number of benzene rings is 2. The first-order chi connectivity index (χ1) is 13.9. The SMILES string of the molecule is COc1cc(CCC(=O)OCC(=O)Nc2cccc(NC(C)=O)c2)cc(OC)c1. The molecule has 8 heteroatoms. The van der Waals surface area contributed by atoms with E-state index in [0.717, 1.165) is 5.56 Å². The largest absolute Gasteiger partial charge is 0.497 e. The van der Waals surface area contributed by atoms with E-state index in [1.807, 2.05) is 12.1 Å². The van der Waals surface area contributed by atoms with E-state index in [0.29, 0.717) is 29.3 Å². The summed E-state index contributed by atoms with van der Waals surface area (Å²) in [6.45, 7) is 0.997. The van der Waals surface area contributed by atoms with Gasteiger partial charge in [-0.2, -0.15) is 0 Å². The van der Waals surface area contributed by atoms with E-state index in [4.69, 9.17) is 14.2 Å². The highest BCUT2D eigenvalue weighted by Crippen LogP contribution is 2.23. The molecule has 0 aliphatic heterocycles. The Morgan fingerprint density at radius 3 is 2.10 bits per heavy atom. The van der Waals surface area contributed by atoms with Crippen molar-refractivity contribution in [3.63, 3.8) is 0 Å². The second kappa shape index (κ2) is 10.7. The Hall–Kier alpha value is -3.55. The average Bonchev–Trinajstić information content (AvgIpc) is 2.70. The number of hydrogen-bond donors (Lipinski definition) is 2. The molecule has 2 aromatic carbocycles. The highest BCUT2D eigenvalue weighted by atomic mass is 16.5. The minimum atomic E-state index is -0.492. The predicted octanol–water partition coefficient (Wildman–Crippen LogP) is 2.78. The van der Waals surface area contributed by atoms with Crippen LogP contribution in [0.25, 0.3) is 0 Å². The zero-order valence-corrected chi connectivity index (χ0v) is 16.6. The summed E-state index contributed by atoms with van der Waals surface area (Å²) in [6.07, 6.45) is 0.536. The number of anilines is 2. The first-order valence-corrected chi connectivity index (χ1v) is 8.94. The van der Waals surface area contributed by atoms with Crippen molar-refractivity contribution in [1.29, 1.82) is 0 Å². The summed E-state index contributed by atoms with van der Waals surface area (Å²) in [5.41, 5.74) is 1.90. The number of amides is 2. The quantitative estimate of drug-likeness (QED) is 0.628. The van der Waals surface area contributed by atoms with E-state index in [1.165, 1.54) is 6.92 Å². The van der Waals surface area contributed by atoms with Crippen molar-refractivity contribution in [2.24, 2.45) is 0 Å². The minimum Gasteiger partial charge on any atom is -0.497 e. The molecule has 154 valence electrons. The van der Waals surface area contributed by atoms with Crippen LogP contribution in [-0.4, -0.2) is 38.6 Å². The van der Waals surface area contributed by atoms with Crippen molar-refractivity contribution in [1.82, 2.24) is 0 Å². The standard InChI is InChI=1S/C21H24N2O6/c1-14(24)22-16-5-4-6-17(11-16)23-20(25)13-29-21(26)8-7-15-9-18(27-2)12-19(10-15)28-3/h4-6,9-12H,7-8,13H2,1-3H3,(H,22,24)(H,23,25). The number of ether oxygens (including phenoxy) is 3. The first-order valence-electron chi connectivity index (χ1n) is 8.94. The summed E-state index contributed by atoms with van der Waals surface area (Å²) < 4.78 is 15.4. The lowest BCUT2D eigenvalue weighted by molar-refractivity contribution is -0.147. The molecule has 2 rings (SSSR count). The van der Waals surface area contributed by atoms with Crippen molar-refractivity contribution < 1.29 is 28.6 Å². The Kier molecular flexibility index (Phi) is 8.02. The zero-order valence-electron chi connectivity index (χ0n) is 16.6. The summed E-state index contributed by atoms with van der Waals surface area (Å²) in [5, 5.41) is 5.24. The molecule has 0 unspecified atom stereocenters. The smallest absolute Gasteiger partial charge is 0.306 e. The topological polar surface area (TPSA) is 103 Å². The van der Waals surface area contributed by atoms with Crippen LogP contribution in [0.4, 0.5) is 11.4 Å². The van der Waals surface area contributed by atoms with Gasteiger partial charge < -0.3 is 24.8 Å². The second-order valence-corrected chi connectivity index (χ2v) is 6.19. The maximum absolute atomic E-state index is 12.0. The van der Waals surface area contributed by atoms with Crippen LogP contribution in [0.3, 0.4) is 0 Å². The molecule has 0 aliphatic rings. The maximum Gasteiger partial charge on any atom is 0.306 e. The van der Waals surface area contributed by atoms with Gasteiger partial charge in [-0.1, -0.05) is 6.07 Å².